The predicted molar refractivity (Wildman–Crippen MR) is 60.6 cm³/mol. The third kappa shape index (κ3) is 4.32. The van der Waals surface area contributed by atoms with Gasteiger partial charge in [-0.3, -0.25) is 0 Å². The highest BCUT2D eigenvalue weighted by Gasteiger charge is 1.89. The largest absolute Gasteiger partial charge is 0.397 e. The minimum absolute atomic E-state index is 0.611. The lowest BCUT2D eigenvalue weighted by Crippen LogP contribution is -1.88. The fraction of sp³-hybridized carbons (Fsp3) is 0. The minimum Gasteiger partial charge on any atom is -0.397 e. The van der Waals surface area contributed by atoms with Crippen LogP contribution in [0.15, 0.2) is 35.3 Å². The first kappa shape index (κ1) is 11.3. The molecular formula is C8H9BrN6. The van der Waals surface area contributed by atoms with Crippen molar-refractivity contribution in [3.05, 3.63) is 35.3 Å². The van der Waals surface area contributed by atoms with Gasteiger partial charge in [0.05, 0.1) is 40.6 Å². The normalized spacial score (nSPS) is 8.87. The van der Waals surface area contributed by atoms with Crippen LogP contribution in [0.25, 0.3) is 0 Å². The summed E-state index contributed by atoms with van der Waals surface area (Å²) in [6, 6.07) is 1.69. The number of nitrogens with zero attached hydrogens (tertiary/aromatic N) is 4. The van der Waals surface area contributed by atoms with Gasteiger partial charge in [0.15, 0.2) is 0 Å². The van der Waals surface area contributed by atoms with Crippen LogP contribution in [0.1, 0.15) is 0 Å². The Hall–Kier alpha value is -1.76. The molecule has 0 fully saturated rings. The number of hydrogen-bond acceptors (Lipinski definition) is 6. The van der Waals surface area contributed by atoms with Crippen LogP contribution in [0.4, 0.5) is 11.4 Å². The quantitative estimate of drug-likeness (QED) is 0.735. The molecule has 0 aromatic carbocycles. The van der Waals surface area contributed by atoms with Gasteiger partial charge in [0.2, 0.25) is 0 Å². The molecule has 0 aliphatic rings. The van der Waals surface area contributed by atoms with E-state index in [1.165, 1.54) is 12.4 Å². The monoisotopic (exact) mass is 268 g/mol. The average Bonchev–Trinajstić information content (AvgIpc) is 2.25. The SMILES string of the molecule is Nc1ccnnc1.Nc1cnncc1Br. The summed E-state index contributed by atoms with van der Waals surface area (Å²) in [7, 11) is 0. The lowest BCUT2D eigenvalue weighted by Gasteiger charge is -1.89. The van der Waals surface area contributed by atoms with Crippen molar-refractivity contribution in [2.75, 3.05) is 11.5 Å². The van der Waals surface area contributed by atoms with Crippen molar-refractivity contribution < 1.29 is 0 Å². The summed E-state index contributed by atoms with van der Waals surface area (Å²) < 4.78 is 0.785. The first-order valence-corrected chi connectivity index (χ1v) is 4.73. The zero-order valence-corrected chi connectivity index (χ0v) is 9.29. The molecule has 15 heavy (non-hydrogen) atoms. The Morgan fingerprint density at radius 1 is 0.933 bits per heavy atom. The van der Waals surface area contributed by atoms with E-state index in [0.29, 0.717) is 11.4 Å². The number of halogens is 1. The van der Waals surface area contributed by atoms with E-state index in [2.05, 4.69) is 36.3 Å². The lowest BCUT2D eigenvalue weighted by atomic mass is 10.5. The van der Waals surface area contributed by atoms with Crippen molar-refractivity contribution in [1.82, 2.24) is 20.4 Å². The van der Waals surface area contributed by atoms with E-state index in [1.54, 1.807) is 18.5 Å². The number of nitrogens with two attached hydrogens (primary N) is 2. The van der Waals surface area contributed by atoms with Crippen LogP contribution in [-0.2, 0) is 0 Å². The first-order chi connectivity index (χ1) is 7.20. The molecule has 6 nitrogen and oxygen atoms in total. The summed E-state index contributed by atoms with van der Waals surface area (Å²) in [5.41, 5.74) is 11.9. The number of rotatable bonds is 0. The first-order valence-electron chi connectivity index (χ1n) is 3.94. The molecule has 0 atom stereocenters. The molecule has 0 amide bonds. The van der Waals surface area contributed by atoms with Crippen molar-refractivity contribution in [2.24, 2.45) is 0 Å². The highest BCUT2D eigenvalue weighted by atomic mass is 79.9. The molecule has 2 rings (SSSR count). The third-order valence-electron chi connectivity index (χ3n) is 1.32. The Bertz CT molecular complexity index is 386. The van der Waals surface area contributed by atoms with Gasteiger partial charge in [-0.1, -0.05) is 0 Å². The van der Waals surface area contributed by atoms with Crippen LogP contribution in [0.5, 0.6) is 0 Å². The van der Waals surface area contributed by atoms with Gasteiger partial charge in [-0.15, -0.1) is 0 Å². The molecule has 0 aliphatic heterocycles. The smallest absolute Gasteiger partial charge is 0.0737 e. The molecule has 78 valence electrons. The predicted octanol–water partition coefficient (Wildman–Crippen LogP) is 0.880. The standard InChI is InChI=1S/C4H4BrN3.C4H5N3/c5-3-1-7-8-2-4(3)6;5-4-1-2-6-7-3-4/h1-2H,(H2,6,7);1-3H,(H2,5,6). The maximum absolute atomic E-state index is 5.37. The Labute approximate surface area is 94.9 Å². The van der Waals surface area contributed by atoms with Gasteiger partial charge in [-0.25, -0.2) is 0 Å². The fourth-order valence-corrected chi connectivity index (χ4v) is 0.811. The van der Waals surface area contributed by atoms with Gasteiger partial charge in [-0.2, -0.15) is 20.4 Å². The number of aromatic nitrogens is 4. The molecule has 0 bridgehead atoms. The van der Waals surface area contributed by atoms with Crippen LogP contribution < -0.4 is 11.5 Å². The molecular weight excluding hydrogens is 260 g/mol. The molecule has 7 heteroatoms. The van der Waals surface area contributed by atoms with Gasteiger partial charge in [0.1, 0.15) is 0 Å². The Morgan fingerprint density at radius 2 is 1.60 bits per heavy atom. The summed E-state index contributed by atoms with van der Waals surface area (Å²) in [5.74, 6) is 0. The molecule has 0 unspecified atom stereocenters. The Balaban J connectivity index is 0.000000151. The topological polar surface area (TPSA) is 104 Å². The van der Waals surface area contributed by atoms with E-state index in [4.69, 9.17) is 11.5 Å². The van der Waals surface area contributed by atoms with E-state index >= 15 is 0 Å². The Kier molecular flexibility index (Phi) is 4.42. The zero-order chi connectivity index (χ0) is 11.1. The van der Waals surface area contributed by atoms with Crippen molar-refractivity contribution in [3.8, 4) is 0 Å². The van der Waals surface area contributed by atoms with E-state index in [-0.39, 0.29) is 0 Å². The summed E-state index contributed by atoms with van der Waals surface area (Å²) in [6.07, 6.45) is 6.09. The molecule has 4 N–H and O–H groups in total. The lowest BCUT2D eigenvalue weighted by molar-refractivity contribution is 1.03. The molecule has 2 heterocycles. The average molecular weight is 269 g/mol. The summed E-state index contributed by atoms with van der Waals surface area (Å²) >= 11 is 3.17. The summed E-state index contributed by atoms with van der Waals surface area (Å²) in [6.45, 7) is 0. The van der Waals surface area contributed by atoms with Crippen LogP contribution >= 0.6 is 15.9 Å². The van der Waals surface area contributed by atoms with E-state index < -0.39 is 0 Å². The van der Waals surface area contributed by atoms with Crippen molar-refractivity contribution >= 4 is 27.3 Å². The maximum Gasteiger partial charge on any atom is 0.0737 e. The van der Waals surface area contributed by atoms with Crippen LogP contribution in [-0.4, -0.2) is 20.4 Å². The molecule has 0 saturated carbocycles. The van der Waals surface area contributed by atoms with Crippen LogP contribution in [0.2, 0.25) is 0 Å². The van der Waals surface area contributed by atoms with Gasteiger partial charge in [-0.05, 0) is 22.0 Å². The fourth-order valence-electron chi connectivity index (χ4n) is 0.617. The summed E-state index contributed by atoms with van der Waals surface area (Å²) in [5, 5.41) is 14.1. The van der Waals surface area contributed by atoms with Gasteiger partial charge in [0, 0.05) is 0 Å². The molecule has 0 saturated heterocycles. The second-order valence-electron chi connectivity index (χ2n) is 2.47. The van der Waals surface area contributed by atoms with Gasteiger partial charge in [0.25, 0.3) is 0 Å². The molecule has 0 spiro atoms. The van der Waals surface area contributed by atoms with Crippen molar-refractivity contribution in [3.63, 3.8) is 0 Å². The molecule has 2 aromatic rings. The number of hydrogen-bond donors (Lipinski definition) is 2. The van der Waals surface area contributed by atoms with Crippen LogP contribution in [0.3, 0.4) is 0 Å². The van der Waals surface area contributed by atoms with E-state index in [9.17, 15) is 0 Å². The van der Waals surface area contributed by atoms with Crippen LogP contribution in [0, 0.1) is 0 Å². The molecule has 2 aromatic heterocycles. The summed E-state index contributed by atoms with van der Waals surface area (Å²) in [4.78, 5) is 0. The molecule has 0 radical (unpaired) electrons. The number of anilines is 2. The highest BCUT2D eigenvalue weighted by molar-refractivity contribution is 9.10. The second-order valence-corrected chi connectivity index (χ2v) is 3.32. The third-order valence-corrected chi connectivity index (χ3v) is 1.98. The van der Waals surface area contributed by atoms with Gasteiger partial charge >= 0.3 is 0 Å². The zero-order valence-electron chi connectivity index (χ0n) is 7.71. The number of nitrogen functional groups attached to an aromatic ring is 2. The van der Waals surface area contributed by atoms with Crippen molar-refractivity contribution in [2.45, 2.75) is 0 Å². The second kappa shape index (κ2) is 5.86. The van der Waals surface area contributed by atoms with E-state index in [1.807, 2.05) is 0 Å². The molecule has 0 aliphatic carbocycles. The van der Waals surface area contributed by atoms with Crippen molar-refractivity contribution in [1.29, 1.82) is 0 Å². The van der Waals surface area contributed by atoms with E-state index in [0.717, 1.165) is 4.47 Å². The highest BCUT2D eigenvalue weighted by Crippen LogP contribution is 2.13. The maximum atomic E-state index is 5.37. The van der Waals surface area contributed by atoms with Gasteiger partial charge < -0.3 is 11.5 Å². The minimum atomic E-state index is 0.611. The Morgan fingerprint density at radius 3 is 1.93 bits per heavy atom.